The van der Waals surface area contributed by atoms with Crippen molar-refractivity contribution in [2.75, 3.05) is 26.8 Å². The van der Waals surface area contributed by atoms with Crippen LogP contribution in [0.4, 0.5) is 0 Å². The Morgan fingerprint density at radius 1 is 1.17 bits per heavy atom. The predicted octanol–water partition coefficient (Wildman–Crippen LogP) is 3.03. The van der Waals surface area contributed by atoms with E-state index in [-0.39, 0.29) is 18.5 Å². The summed E-state index contributed by atoms with van der Waals surface area (Å²) in [5.41, 5.74) is 1.76. The zero-order chi connectivity index (χ0) is 20.9. The first-order valence-corrected chi connectivity index (χ1v) is 10.2. The minimum Gasteiger partial charge on any atom is -0.497 e. The first-order chi connectivity index (χ1) is 14.7. The lowest BCUT2D eigenvalue weighted by Gasteiger charge is -2.13. The van der Waals surface area contributed by atoms with Crippen molar-refractivity contribution >= 4 is 17.7 Å². The lowest BCUT2D eigenvalue weighted by Crippen LogP contribution is -2.24. The van der Waals surface area contributed by atoms with Crippen LogP contribution in [-0.2, 0) is 11.3 Å². The quantitative estimate of drug-likeness (QED) is 0.553. The molecule has 0 saturated heterocycles. The van der Waals surface area contributed by atoms with Crippen molar-refractivity contribution in [3.63, 3.8) is 0 Å². The number of methoxy groups -OCH3 is 2. The van der Waals surface area contributed by atoms with Gasteiger partial charge < -0.3 is 24.3 Å². The van der Waals surface area contributed by atoms with Gasteiger partial charge >= 0.3 is 0 Å². The van der Waals surface area contributed by atoms with Gasteiger partial charge in [-0.3, -0.25) is 9.36 Å². The van der Waals surface area contributed by atoms with Gasteiger partial charge in [-0.2, -0.15) is 0 Å². The lowest BCUT2D eigenvalue weighted by molar-refractivity contribution is -0.118. The van der Waals surface area contributed by atoms with Crippen molar-refractivity contribution < 1.29 is 23.7 Å². The van der Waals surface area contributed by atoms with E-state index in [0.717, 1.165) is 17.0 Å². The molecule has 0 atom stereocenters. The zero-order valence-corrected chi connectivity index (χ0v) is 17.4. The number of fused-ring (bicyclic) bond motifs is 1. The van der Waals surface area contributed by atoms with Gasteiger partial charge in [-0.15, -0.1) is 0 Å². The Morgan fingerprint density at radius 2 is 2.03 bits per heavy atom. The molecule has 30 heavy (non-hydrogen) atoms. The van der Waals surface area contributed by atoms with Crippen molar-refractivity contribution in [3.8, 4) is 28.7 Å². The number of aromatic nitrogens is 2. The van der Waals surface area contributed by atoms with Crippen molar-refractivity contribution in [2.45, 2.75) is 11.7 Å². The number of nitrogens with zero attached hydrogens (tertiary/aromatic N) is 2. The highest BCUT2D eigenvalue weighted by Gasteiger charge is 2.15. The van der Waals surface area contributed by atoms with Crippen LogP contribution in [0.1, 0.15) is 5.56 Å². The van der Waals surface area contributed by atoms with Gasteiger partial charge in [-0.05, 0) is 29.8 Å². The molecule has 2 aromatic carbocycles. The third-order valence-electron chi connectivity index (χ3n) is 4.51. The Bertz CT molecular complexity index is 1050. The van der Waals surface area contributed by atoms with E-state index in [9.17, 15) is 4.79 Å². The monoisotopic (exact) mass is 427 g/mol. The van der Waals surface area contributed by atoms with Crippen LogP contribution in [0.2, 0.25) is 0 Å². The van der Waals surface area contributed by atoms with Crippen LogP contribution >= 0.6 is 11.8 Å². The Balaban J connectivity index is 1.37. The molecule has 1 aliphatic rings. The Morgan fingerprint density at radius 3 is 2.87 bits per heavy atom. The van der Waals surface area contributed by atoms with Crippen LogP contribution < -0.4 is 24.3 Å². The van der Waals surface area contributed by atoms with E-state index < -0.39 is 0 Å². The molecule has 0 radical (unpaired) electrons. The summed E-state index contributed by atoms with van der Waals surface area (Å²) < 4.78 is 23.3. The van der Waals surface area contributed by atoms with Gasteiger partial charge in [0.25, 0.3) is 0 Å². The number of imidazole rings is 1. The van der Waals surface area contributed by atoms with Gasteiger partial charge in [0.2, 0.25) is 12.7 Å². The Hall–Kier alpha value is -3.33. The van der Waals surface area contributed by atoms with Crippen LogP contribution in [0, 0.1) is 0 Å². The number of hydrogen-bond acceptors (Lipinski definition) is 7. The molecule has 1 amide bonds. The molecule has 0 saturated carbocycles. The minimum atomic E-state index is -0.0890. The highest BCUT2D eigenvalue weighted by atomic mass is 32.2. The molecule has 0 spiro atoms. The average Bonchev–Trinajstić information content (AvgIpc) is 3.44. The van der Waals surface area contributed by atoms with Crippen molar-refractivity contribution in [3.05, 3.63) is 54.4 Å². The summed E-state index contributed by atoms with van der Waals surface area (Å²) in [4.78, 5) is 16.7. The van der Waals surface area contributed by atoms with Crippen LogP contribution in [0.5, 0.6) is 23.0 Å². The van der Waals surface area contributed by atoms with Gasteiger partial charge in [0.05, 0.1) is 25.7 Å². The molecule has 1 aliphatic heterocycles. The van der Waals surface area contributed by atoms with Gasteiger partial charge in [0, 0.05) is 25.0 Å². The number of nitrogens with one attached hydrogen (secondary N) is 1. The molecule has 2 heterocycles. The molecular formula is C21H21N3O5S. The van der Waals surface area contributed by atoms with E-state index >= 15 is 0 Å². The second-order valence-corrected chi connectivity index (χ2v) is 7.31. The van der Waals surface area contributed by atoms with Gasteiger partial charge in [0.1, 0.15) is 11.5 Å². The van der Waals surface area contributed by atoms with E-state index in [2.05, 4.69) is 10.3 Å². The number of carbonyl (C=O) groups is 1. The molecule has 8 nitrogen and oxygen atoms in total. The summed E-state index contributed by atoms with van der Waals surface area (Å²) in [7, 11) is 3.21. The number of thioether (sulfide) groups is 1. The maximum atomic E-state index is 12.3. The second kappa shape index (κ2) is 9.00. The molecule has 9 heteroatoms. The third kappa shape index (κ3) is 4.30. The van der Waals surface area contributed by atoms with E-state index in [1.165, 1.54) is 11.8 Å². The molecule has 3 aromatic rings. The zero-order valence-electron chi connectivity index (χ0n) is 16.6. The first kappa shape index (κ1) is 20.0. The fourth-order valence-electron chi connectivity index (χ4n) is 3.00. The molecule has 1 aromatic heterocycles. The number of amides is 1. The molecule has 0 fully saturated rings. The number of carbonyl (C=O) groups excluding carboxylic acids is 1. The maximum Gasteiger partial charge on any atom is 0.231 e. The van der Waals surface area contributed by atoms with E-state index in [1.54, 1.807) is 20.4 Å². The first-order valence-electron chi connectivity index (χ1n) is 9.21. The van der Waals surface area contributed by atoms with Gasteiger partial charge in [-0.25, -0.2) is 4.98 Å². The van der Waals surface area contributed by atoms with E-state index in [0.29, 0.717) is 28.9 Å². The Labute approximate surface area is 178 Å². The van der Waals surface area contributed by atoms with Crippen LogP contribution in [0.25, 0.3) is 5.69 Å². The normalized spacial score (nSPS) is 11.9. The summed E-state index contributed by atoms with van der Waals surface area (Å²) in [6, 6.07) is 11.2. The average molecular weight is 427 g/mol. The molecule has 4 rings (SSSR count). The van der Waals surface area contributed by atoms with Crippen molar-refractivity contribution in [1.29, 1.82) is 0 Å². The number of ether oxygens (including phenoxy) is 4. The molecule has 0 bridgehead atoms. The highest BCUT2D eigenvalue weighted by Crippen LogP contribution is 2.33. The van der Waals surface area contributed by atoms with Crippen LogP contribution in [0.15, 0.2) is 53.9 Å². The van der Waals surface area contributed by atoms with Crippen LogP contribution in [0.3, 0.4) is 0 Å². The third-order valence-corrected chi connectivity index (χ3v) is 5.48. The SMILES string of the molecule is COc1ccc(-n2ccnc2SCC(=O)NCc2ccc3c(c2)OCO3)c(OC)c1. The number of benzene rings is 2. The highest BCUT2D eigenvalue weighted by molar-refractivity contribution is 7.99. The van der Waals surface area contributed by atoms with Crippen molar-refractivity contribution in [1.82, 2.24) is 14.9 Å². The summed E-state index contributed by atoms with van der Waals surface area (Å²) in [5.74, 6) is 2.93. The lowest BCUT2D eigenvalue weighted by atomic mass is 10.2. The second-order valence-electron chi connectivity index (χ2n) is 6.37. The summed E-state index contributed by atoms with van der Waals surface area (Å²) in [6.07, 6.45) is 3.52. The van der Waals surface area contributed by atoms with E-state index in [4.69, 9.17) is 18.9 Å². The van der Waals surface area contributed by atoms with Crippen molar-refractivity contribution in [2.24, 2.45) is 0 Å². The molecule has 156 valence electrons. The summed E-state index contributed by atoms with van der Waals surface area (Å²) in [5, 5.41) is 3.61. The summed E-state index contributed by atoms with van der Waals surface area (Å²) >= 11 is 1.35. The molecule has 1 N–H and O–H groups in total. The smallest absolute Gasteiger partial charge is 0.231 e. The number of hydrogen-bond donors (Lipinski definition) is 1. The Kier molecular flexibility index (Phi) is 5.99. The maximum absolute atomic E-state index is 12.3. The van der Waals surface area contributed by atoms with E-state index in [1.807, 2.05) is 47.2 Å². The molecule has 0 aliphatic carbocycles. The topological polar surface area (TPSA) is 83.8 Å². The van der Waals surface area contributed by atoms with Gasteiger partial charge in [0.15, 0.2) is 16.7 Å². The standard InChI is InChI=1S/C21H21N3O5S/c1-26-15-4-5-16(18(10-15)27-2)24-8-7-22-21(24)30-12-20(25)23-11-14-3-6-17-19(9-14)29-13-28-17/h3-10H,11-13H2,1-2H3,(H,23,25). The predicted molar refractivity (Wildman–Crippen MR) is 112 cm³/mol. The van der Waals surface area contributed by atoms with Crippen LogP contribution in [-0.4, -0.2) is 42.2 Å². The number of rotatable bonds is 8. The fraction of sp³-hybridized carbons (Fsp3) is 0.238. The largest absolute Gasteiger partial charge is 0.497 e. The fourth-order valence-corrected chi connectivity index (χ4v) is 3.79. The summed E-state index contributed by atoms with van der Waals surface area (Å²) in [6.45, 7) is 0.643. The minimum absolute atomic E-state index is 0.0890. The molecule has 0 unspecified atom stereocenters. The van der Waals surface area contributed by atoms with Gasteiger partial charge in [-0.1, -0.05) is 17.8 Å². The molecular weight excluding hydrogens is 406 g/mol.